The Morgan fingerprint density at radius 1 is 1.11 bits per heavy atom. The Kier molecular flexibility index (Phi) is 4.83. The van der Waals surface area contributed by atoms with Crippen LogP contribution in [-0.2, 0) is 6.54 Å². The van der Waals surface area contributed by atoms with Crippen LogP contribution in [0.25, 0.3) is 22.4 Å². The van der Waals surface area contributed by atoms with Crippen LogP contribution in [0.1, 0.15) is 32.1 Å². The van der Waals surface area contributed by atoms with Crippen molar-refractivity contribution in [2.24, 2.45) is 10.9 Å². The number of benzene rings is 1. The van der Waals surface area contributed by atoms with Gasteiger partial charge in [0, 0.05) is 23.5 Å². The molecule has 1 fully saturated rings. The highest BCUT2D eigenvalue weighted by Crippen LogP contribution is 2.31. The molecule has 0 aliphatic heterocycles. The van der Waals surface area contributed by atoms with Gasteiger partial charge in [-0.25, -0.2) is 4.99 Å². The van der Waals surface area contributed by atoms with Crippen molar-refractivity contribution in [2.75, 3.05) is 0 Å². The molecule has 0 spiro atoms. The van der Waals surface area contributed by atoms with E-state index in [1.54, 1.807) is 17.5 Å². The number of rotatable bonds is 4. The predicted octanol–water partition coefficient (Wildman–Crippen LogP) is 6.17. The second kappa shape index (κ2) is 7.76. The van der Waals surface area contributed by atoms with Crippen LogP contribution in [-0.4, -0.2) is 9.55 Å². The molecule has 1 saturated carbocycles. The number of furan rings is 1. The number of para-hydroxylation sites is 1. The summed E-state index contributed by atoms with van der Waals surface area (Å²) in [5.74, 6) is 1.63. The molecule has 0 bridgehead atoms. The largest absolute Gasteiger partial charge is 0.454 e. The van der Waals surface area contributed by atoms with Crippen LogP contribution in [0.4, 0.5) is 5.69 Å². The summed E-state index contributed by atoms with van der Waals surface area (Å²) >= 11 is 1.67. The van der Waals surface area contributed by atoms with Gasteiger partial charge in [0.05, 0.1) is 17.6 Å². The van der Waals surface area contributed by atoms with Crippen molar-refractivity contribution in [3.63, 3.8) is 0 Å². The molecule has 0 amide bonds. The highest BCUT2D eigenvalue weighted by molar-refractivity contribution is 7.07. The van der Waals surface area contributed by atoms with Crippen molar-refractivity contribution < 1.29 is 4.42 Å². The minimum absolute atomic E-state index is 0.708. The van der Waals surface area contributed by atoms with Gasteiger partial charge in [-0.15, -0.1) is 11.3 Å². The first kappa shape index (κ1) is 17.4. The van der Waals surface area contributed by atoms with Crippen molar-refractivity contribution in [3.05, 3.63) is 65.0 Å². The van der Waals surface area contributed by atoms with E-state index in [4.69, 9.17) is 9.41 Å². The third-order valence-corrected chi connectivity index (χ3v) is 6.38. The normalized spacial score (nSPS) is 16.1. The summed E-state index contributed by atoms with van der Waals surface area (Å²) in [4.78, 5) is 10.1. The quantitative estimate of drug-likeness (QED) is 0.419. The summed E-state index contributed by atoms with van der Waals surface area (Å²) in [6, 6.07) is 14.3. The van der Waals surface area contributed by atoms with E-state index in [1.165, 1.54) is 32.1 Å². The van der Waals surface area contributed by atoms with Crippen LogP contribution in [0, 0.1) is 5.92 Å². The standard InChI is InChI=1S/C23H23N3OS/c1-2-7-17(8-3-1)15-26-20(22-13-18-9-4-5-11-21(18)27-22)16-28-23(26)25-19-10-6-12-24-14-19/h4-6,9-14,16-17H,1-3,7-8,15H2. The predicted molar refractivity (Wildman–Crippen MR) is 114 cm³/mol. The van der Waals surface area contributed by atoms with E-state index in [2.05, 4.69) is 33.1 Å². The first-order valence-electron chi connectivity index (χ1n) is 9.99. The van der Waals surface area contributed by atoms with Crippen molar-refractivity contribution in [3.8, 4) is 11.5 Å². The average molecular weight is 390 g/mol. The Labute approximate surface area is 168 Å². The van der Waals surface area contributed by atoms with Gasteiger partial charge in [0.2, 0.25) is 0 Å². The second-order valence-electron chi connectivity index (χ2n) is 7.49. The van der Waals surface area contributed by atoms with Gasteiger partial charge in [0.15, 0.2) is 10.6 Å². The molecule has 4 nitrogen and oxygen atoms in total. The van der Waals surface area contributed by atoms with Crippen LogP contribution in [0.5, 0.6) is 0 Å². The Morgan fingerprint density at radius 2 is 2.00 bits per heavy atom. The molecule has 0 unspecified atom stereocenters. The third kappa shape index (κ3) is 3.54. The average Bonchev–Trinajstić information content (AvgIpc) is 3.34. The monoisotopic (exact) mass is 389 g/mol. The molecule has 0 N–H and O–H groups in total. The third-order valence-electron chi connectivity index (χ3n) is 5.51. The highest BCUT2D eigenvalue weighted by Gasteiger charge is 2.19. The van der Waals surface area contributed by atoms with E-state index in [9.17, 15) is 0 Å². The van der Waals surface area contributed by atoms with Crippen molar-refractivity contribution in [2.45, 2.75) is 38.6 Å². The Hall–Kier alpha value is -2.66. The summed E-state index contributed by atoms with van der Waals surface area (Å²) in [5, 5.41) is 3.31. The lowest BCUT2D eigenvalue weighted by Crippen LogP contribution is -2.22. The fourth-order valence-corrected chi connectivity index (χ4v) is 4.98. The molecule has 1 aliphatic rings. The van der Waals surface area contributed by atoms with E-state index >= 15 is 0 Å². The van der Waals surface area contributed by atoms with Crippen molar-refractivity contribution >= 4 is 28.0 Å². The molecule has 0 saturated heterocycles. The highest BCUT2D eigenvalue weighted by atomic mass is 32.1. The summed E-state index contributed by atoms with van der Waals surface area (Å²) in [5.41, 5.74) is 2.94. The lowest BCUT2D eigenvalue weighted by molar-refractivity contribution is 0.317. The first-order valence-corrected chi connectivity index (χ1v) is 10.9. The molecule has 5 heteroatoms. The van der Waals surface area contributed by atoms with Crippen LogP contribution >= 0.6 is 11.3 Å². The molecule has 142 valence electrons. The molecular formula is C23H23N3OS. The smallest absolute Gasteiger partial charge is 0.190 e. The van der Waals surface area contributed by atoms with Crippen LogP contribution in [0.2, 0.25) is 0 Å². The van der Waals surface area contributed by atoms with Gasteiger partial charge in [-0.3, -0.25) is 4.98 Å². The van der Waals surface area contributed by atoms with Gasteiger partial charge in [0.1, 0.15) is 5.58 Å². The van der Waals surface area contributed by atoms with Gasteiger partial charge in [-0.2, -0.15) is 0 Å². The number of aromatic nitrogens is 2. The van der Waals surface area contributed by atoms with Crippen molar-refractivity contribution in [1.82, 2.24) is 9.55 Å². The summed E-state index contributed by atoms with van der Waals surface area (Å²) < 4.78 is 8.53. The van der Waals surface area contributed by atoms with E-state index in [-0.39, 0.29) is 0 Å². The van der Waals surface area contributed by atoms with Gasteiger partial charge >= 0.3 is 0 Å². The first-order chi connectivity index (χ1) is 13.9. The summed E-state index contributed by atoms with van der Waals surface area (Å²) in [7, 11) is 0. The second-order valence-corrected chi connectivity index (χ2v) is 8.33. The zero-order valence-electron chi connectivity index (χ0n) is 15.8. The van der Waals surface area contributed by atoms with Gasteiger partial charge in [-0.1, -0.05) is 37.5 Å². The molecule has 0 atom stereocenters. The Morgan fingerprint density at radius 3 is 2.82 bits per heavy atom. The lowest BCUT2D eigenvalue weighted by Gasteiger charge is -2.22. The van der Waals surface area contributed by atoms with Gasteiger partial charge < -0.3 is 8.98 Å². The maximum atomic E-state index is 6.18. The molecule has 1 aromatic carbocycles. The van der Waals surface area contributed by atoms with E-state index < -0.39 is 0 Å². The lowest BCUT2D eigenvalue weighted by atomic mass is 9.89. The van der Waals surface area contributed by atoms with E-state index in [1.807, 2.05) is 30.5 Å². The molecule has 0 radical (unpaired) electrons. The summed E-state index contributed by atoms with van der Waals surface area (Å²) in [6.45, 7) is 0.995. The minimum Gasteiger partial charge on any atom is -0.454 e. The van der Waals surface area contributed by atoms with E-state index in [0.29, 0.717) is 5.92 Å². The van der Waals surface area contributed by atoms with E-state index in [0.717, 1.165) is 39.5 Å². The Bertz CT molecular complexity index is 1100. The summed E-state index contributed by atoms with van der Waals surface area (Å²) in [6.07, 6.45) is 10.2. The van der Waals surface area contributed by atoms with Gasteiger partial charge in [-0.05, 0) is 43.0 Å². The molecule has 3 heterocycles. The molecule has 4 aromatic rings. The molecule has 3 aromatic heterocycles. The molecule has 28 heavy (non-hydrogen) atoms. The zero-order chi connectivity index (χ0) is 18.8. The van der Waals surface area contributed by atoms with Gasteiger partial charge in [0.25, 0.3) is 0 Å². The maximum Gasteiger partial charge on any atom is 0.190 e. The number of nitrogens with zero attached hydrogens (tertiary/aromatic N) is 3. The number of hydrogen-bond donors (Lipinski definition) is 0. The maximum absolute atomic E-state index is 6.18. The van der Waals surface area contributed by atoms with Crippen LogP contribution < -0.4 is 4.80 Å². The van der Waals surface area contributed by atoms with Crippen LogP contribution in [0.15, 0.2) is 69.6 Å². The number of pyridine rings is 1. The van der Waals surface area contributed by atoms with Crippen LogP contribution in [0.3, 0.4) is 0 Å². The number of fused-ring (bicyclic) bond motifs is 1. The zero-order valence-corrected chi connectivity index (χ0v) is 16.6. The SMILES string of the molecule is c1cncc(N=c2scc(-c3cc4ccccc4o3)n2CC2CCCCC2)c1. The fraction of sp³-hybridized carbons (Fsp3) is 0.304. The molecule has 1 aliphatic carbocycles. The molecule has 5 rings (SSSR count). The fourth-order valence-electron chi connectivity index (χ4n) is 4.06. The minimum atomic E-state index is 0.708. The molecular weight excluding hydrogens is 366 g/mol. The topological polar surface area (TPSA) is 43.3 Å². The number of hydrogen-bond acceptors (Lipinski definition) is 4. The Balaban J connectivity index is 1.60. The number of thiazole rings is 1. The van der Waals surface area contributed by atoms with Crippen molar-refractivity contribution in [1.29, 1.82) is 0 Å².